The second-order valence-corrected chi connectivity index (χ2v) is 18.4. The quantitative estimate of drug-likeness (QED) is 0.158. The maximum absolute atomic E-state index is 3.50. The highest BCUT2D eigenvalue weighted by molar-refractivity contribution is 6.00. The Morgan fingerprint density at radius 3 is 1.42 bits per heavy atom. The van der Waals surface area contributed by atoms with Crippen molar-refractivity contribution >= 4 is 55.7 Å². The molecule has 10 aromatic rings. The van der Waals surface area contributed by atoms with Crippen LogP contribution in [-0.2, 0) is 10.8 Å². The van der Waals surface area contributed by atoms with Gasteiger partial charge in [-0.25, -0.2) is 0 Å². The van der Waals surface area contributed by atoms with Crippen molar-refractivity contribution in [1.82, 2.24) is 0 Å². The van der Waals surface area contributed by atoms with Crippen LogP contribution >= 0.6 is 0 Å². The molecule has 2 heteroatoms. The van der Waals surface area contributed by atoms with Gasteiger partial charge in [0, 0.05) is 44.4 Å². The van der Waals surface area contributed by atoms with Crippen LogP contribution < -0.4 is 9.80 Å². The zero-order chi connectivity index (χ0) is 43.2. The van der Waals surface area contributed by atoms with E-state index in [1.54, 1.807) is 0 Å². The minimum atomic E-state index is -0.112. The summed E-state index contributed by atoms with van der Waals surface area (Å²) in [5, 5.41) is 4.57. The molecular weight excluding hydrogens is 773 g/mol. The molecule has 0 heterocycles. The summed E-state index contributed by atoms with van der Waals surface area (Å²) in [6.45, 7) is 9.45. The van der Waals surface area contributed by atoms with E-state index in [0.717, 1.165) is 56.0 Å². The number of benzene rings is 9. The minimum Gasteiger partial charge on any atom is -0.310 e. The van der Waals surface area contributed by atoms with Crippen LogP contribution in [0.2, 0.25) is 0 Å². The fourth-order valence-corrected chi connectivity index (χ4v) is 10.7. The number of nitrogens with zero attached hydrogens (tertiary/aromatic N) is 2. The standard InChI is InChI=1S/C62H46N2/c1-61(2)56-21-11-9-19-52(56)54-36-34-49(39-58(54)61)63(50-35-37-55-53-20-10-12-22-57(53)62(3,4)59(55)40-50)46-29-24-42(25-30-46)43-26-31-47(32-27-43)64(48-33-28-41-14-5-6-16-45(41)38-48)60-23-13-17-44-15-7-8-18-51(44)60/h5-27,29-32,34-40H,1-4H3. The lowest BCUT2D eigenvalue weighted by Gasteiger charge is -2.30. The summed E-state index contributed by atoms with van der Waals surface area (Å²) >= 11 is 0. The summed E-state index contributed by atoms with van der Waals surface area (Å²) in [6.07, 6.45) is 0. The maximum Gasteiger partial charge on any atom is 0.0980 e. The molecule has 0 aromatic heterocycles. The third kappa shape index (κ3) is 5.89. The number of fused-ring (bicyclic) bond motifs is 8. The Bertz CT molecular complexity index is 3330. The number of rotatable bonds is 7. The van der Waals surface area contributed by atoms with E-state index in [0.29, 0.717) is 0 Å². The lowest BCUT2D eigenvalue weighted by atomic mass is 9.82. The van der Waals surface area contributed by atoms with Crippen molar-refractivity contribution in [2.45, 2.75) is 38.5 Å². The maximum atomic E-state index is 3.50. The molecule has 0 saturated carbocycles. The van der Waals surface area contributed by atoms with Gasteiger partial charge in [-0.1, -0.05) is 173 Å². The highest BCUT2D eigenvalue weighted by atomic mass is 15.1. The summed E-state index contributed by atoms with van der Waals surface area (Å²) in [5.41, 5.74) is 19.4. The summed E-state index contributed by atoms with van der Waals surface area (Å²) in [4.78, 5) is 4.76. The number of anilines is 6. The Kier molecular flexibility index (Phi) is 8.49. The molecule has 10 aromatic carbocycles. The second kappa shape index (κ2) is 14.3. The molecule has 2 aliphatic carbocycles. The first-order valence-electron chi connectivity index (χ1n) is 22.3. The van der Waals surface area contributed by atoms with E-state index in [9.17, 15) is 0 Å². The lowest BCUT2D eigenvalue weighted by molar-refractivity contribution is 0.660. The van der Waals surface area contributed by atoms with Gasteiger partial charge in [0.2, 0.25) is 0 Å². The van der Waals surface area contributed by atoms with Crippen LogP contribution in [0.3, 0.4) is 0 Å². The fraction of sp³-hybridized carbons (Fsp3) is 0.0968. The Morgan fingerprint density at radius 2 is 0.812 bits per heavy atom. The van der Waals surface area contributed by atoms with E-state index >= 15 is 0 Å². The molecule has 0 atom stereocenters. The van der Waals surface area contributed by atoms with Crippen LogP contribution in [0.1, 0.15) is 49.9 Å². The molecule has 0 bridgehead atoms. The highest BCUT2D eigenvalue weighted by Crippen LogP contribution is 2.53. The zero-order valence-corrected chi connectivity index (χ0v) is 36.5. The predicted octanol–water partition coefficient (Wildman–Crippen LogP) is 16.8. The Hall–Kier alpha value is -7.86. The van der Waals surface area contributed by atoms with E-state index in [2.05, 4.69) is 256 Å². The van der Waals surface area contributed by atoms with Gasteiger partial charge in [0.1, 0.15) is 0 Å². The van der Waals surface area contributed by atoms with Crippen LogP contribution in [0.4, 0.5) is 34.1 Å². The smallest absolute Gasteiger partial charge is 0.0980 e. The molecular formula is C62H46N2. The van der Waals surface area contributed by atoms with Gasteiger partial charge in [-0.2, -0.15) is 0 Å². The lowest BCUT2D eigenvalue weighted by Crippen LogP contribution is -2.18. The highest BCUT2D eigenvalue weighted by Gasteiger charge is 2.37. The molecule has 0 fully saturated rings. The summed E-state index contributed by atoms with van der Waals surface area (Å²) in [7, 11) is 0. The van der Waals surface area contributed by atoms with E-state index < -0.39 is 0 Å². The Balaban J connectivity index is 0.938. The van der Waals surface area contributed by atoms with Crippen molar-refractivity contribution in [3.05, 3.63) is 241 Å². The summed E-state index contributed by atoms with van der Waals surface area (Å²) in [6, 6.07) is 82.6. The van der Waals surface area contributed by atoms with E-state index in [1.165, 1.54) is 55.3 Å². The van der Waals surface area contributed by atoms with Gasteiger partial charge in [0.25, 0.3) is 0 Å². The Morgan fingerprint density at radius 1 is 0.344 bits per heavy atom. The van der Waals surface area contributed by atoms with Crippen molar-refractivity contribution in [3.8, 4) is 33.4 Å². The molecule has 0 aliphatic heterocycles. The molecule has 0 radical (unpaired) electrons. The molecule has 0 amide bonds. The first-order chi connectivity index (χ1) is 31.2. The van der Waals surface area contributed by atoms with E-state index in [-0.39, 0.29) is 10.8 Å². The molecule has 0 saturated heterocycles. The summed E-state index contributed by atoms with van der Waals surface area (Å²) in [5.74, 6) is 0. The van der Waals surface area contributed by atoms with Gasteiger partial charge in [-0.05, 0) is 139 Å². The Labute approximate surface area is 376 Å². The van der Waals surface area contributed by atoms with Crippen molar-refractivity contribution in [1.29, 1.82) is 0 Å². The largest absolute Gasteiger partial charge is 0.310 e. The molecule has 2 nitrogen and oxygen atoms in total. The van der Waals surface area contributed by atoms with Crippen molar-refractivity contribution < 1.29 is 0 Å². The molecule has 0 spiro atoms. The van der Waals surface area contributed by atoms with Crippen molar-refractivity contribution in [3.63, 3.8) is 0 Å². The van der Waals surface area contributed by atoms with Crippen molar-refractivity contribution in [2.24, 2.45) is 0 Å². The van der Waals surface area contributed by atoms with Crippen LogP contribution in [0, 0.1) is 12.1 Å². The predicted molar refractivity (Wildman–Crippen MR) is 269 cm³/mol. The normalized spacial score (nSPS) is 13.8. The first kappa shape index (κ1) is 37.9. The average Bonchev–Trinajstić information content (AvgIpc) is 3.71. The number of hydrogen-bond acceptors (Lipinski definition) is 2. The van der Waals surface area contributed by atoms with E-state index in [4.69, 9.17) is 0 Å². The number of hydrogen-bond donors (Lipinski definition) is 0. The molecule has 0 N–H and O–H groups in total. The van der Waals surface area contributed by atoms with Gasteiger partial charge in [0.15, 0.2) is 0 Å². The zero-order valence-electron chi connectivity index (χ0n) is 36.5. The van der Waals surface area contributed by atoms with Gasteiger partial charge in [-0.3, -0.25) is 0 Å². The minimum absolute atomic E-state index is 0.112. The van der Waals surface area contributed by atoms with Gasteiger partial charge >= 0.3 is 0 Å². The fourth-order valence-electron chi connectivity index (χ4n) is 10.7. The second-order valence-electron chi connectivity index (χ2n) is 18.4. The SMILES string of the molecule is CC1(C)c2ccccc2-c2ccc(N(c3ccc(-c4ccc(N(c5c#cc6ccccc6c5)c5cccc6ccccc56)cc4)cc3)c3ccc4c(c3)C(C)(C)c3ccccc3-4)cc21. The van der Waals surface area contributed by atoms with Gasteiger partial charge in [0.05, 0.1) is 11.4 Å². The monoisotopic (exact) mass is 818 g/mol. The molecule has 12 rings (SSSR count). The van der Waals surface area contributed by atoms with Crippen LogP contribution in [0.5, 0.6) is 0 Å². The molecule has 304 valence electrons. The molecule has 64 heavy (non-hydrogen) atoms. The third-order valence-corrected chi connectivity index (χ3v) is 14.1. The van der Waals surface area contributed by atoms with Gasteiger partial charge in [-0.15, -0.1) is 0 Å². The van der Waals surface area contributed by atoms with Gasteiger partial charge < -0.3 is 9.80 Å². The first-order valence-corrected chi connectivity index (χ1v) is 22.3. The van der Waals surface area contributed by atoms with Crippen LogP contribution in [0.25, 0.3) is 54.9 Å². The third-order valence-electron chi connectivity index (χ3n) is 14.1. The molecule has 0 unspecified atom stereocenters. The van der Waals surface area contributed by atoms with Crippen molar-refractivity contribution in [2.75, 3.05) is 9.80 Å². The average molecular weight is 819 g/mol. The van der Waals surface area contributed by atoms with Crippen LogP contribution in [-0.4, -0.2) is 0 Å². The summed E-state index contributed by atoms with van der Waals surface area (Å²) < 4.78 is 0. The molecule has 2 aliphatic rings. The topological polar surface area (TPSA) is 6.48 Å². The van der Waals surface area contributed by atoms with E-state index in [1.807, 2.05) is 0 Å². The van der Waals surface area contributed by atoms with Crippen LogP contribution in [0.15, 0.2) is 206 Å².